The van der Waals surface area contributed by atoms with Crippen LogP contribution in [0.25, 0.3) is 0 Å². The molecule has 0 aromatic heterocycles. The van der Waals surface area contributed by atoms with Crippen LogP contribution in [0.5, 0.6) is 0 Å². The van der Waals surface area contributed by atoms with E-state index in [9.17, 15) is 0 Å². The van der Waals surface area contributed by atoms with Gasteiger partial charge in [-0.25, -0.2) is 0 Å². The summed E-state index contributed by atoms with van der Waals surface area (Å²) in [5, 5.41) is 3.83. The summed E-state index contributed by atoms with van der Waals surface area (Å²) in [4.78, 5) is 0. The molecule has 3 unspecified atom stereocenters. The highest BCUT2D eigenvalue weighted by molar-refractivity contribution is 4.84. The van der Waals surface area contributed by atoms with E-state index < -0.39 is 0 Å². The van der Waals surface area contributed by atoms with Crippen molar-refractivity contribution in [1.82, 2.24) is 5.32 Å². The minimum absolute atomic E-state index is 0.755. The van der Waals surface area contributed by atoms with Crippen molar-refractivity contribution in [1.29, 1.82) is 0 Å². The van der Waals surface area contributed by atoms with Crippen LogP contribution in [0.4, 0.5) is 0 Å². The Morgan fingerprint density at radius 1 is 1.14 bits per heavy atom. The largest absolute Gasteiger partial charge is 0.311 e. The molecule has 0 aromatic rings. The first-order valence-corrected chi connectivity index (χ1v) is 6.51. The summed E-state index contributed by atoms with van der Waals surface area (Å²) in [7, 11) is 0. The van der Waals surface area contributed by atoms with Crippen LogP contribution < -0.4 is 5.32 Å². The molecule has 0 aromatic carbocycles. The minimum Gasteiger partial charge on any atom is -0.311 e. The molecule has 0 bridgehead atoms. The van der Waals surface area contributed by atoms with Gasteiger partial charge in [0.05, 0.1) is 0 Å². The van der Waals surface area contributed by atoms with Gasteiger partial charge in [0.2, 0.25) is 0 Å². The Morgan fingerprint density at radius 2 is 1.86 bits per heavy atom. The molecule has 2 saturated carbocycles. The van der Waals surface area contributed by atoms with Crippen LogP contribution in [0.3, 0.4) is 0 Å². The van der Waals surface area contributed by atoms with Crippen molar-refractivity contribution in [2.24, 2.45) is 11.8 Å². The van der Waals surface area contributed by atoms with Crippen molar-refractivity contribution in [2.75, 3.05) is 0 Å². The zero-order valence-corrected chi connectivity index (χ0v) is 9.76. The summed E-state index contributed by atoms with van der Waals surface area (Å²) >= 11 is 0. The first-order valence-electron chi connectivity index (χ1n) is 6.51. The monoisotopic (exact) mass is 195 g/mol. The van der Waals surface area contributed by atoms with E-state index in [-0.39, 0.29) is 0 Å². The molecule has 1 N–H and O–H groups in total. The van der Waals surface area contributed by atoms with E-state index in [1.165, 1.54) is 44.9 Å². The molecule has 3 atom stereocenters. The molecule has 82 valence electrons. The molecule has 0 heterocycles. The molecule has 2 fully saturated rings. The Bertz CT molecular complexity index is 174. The molecule has 2 aliphatic carbocycles. The molecule has 2 aliphatic rings. The van der Waals surface area contributed by atoms with E-state index in [0.717, 1.165) is 23.9 Å². The highest BCUT2D eigenvalue weighted by Gasteiger charge is 2.26. The Kier molecular flexibility index (Phi) is 3.48. The van der Waals surface area contributed by atoms with Gasteiger partial charge in [0.25, 0.3) is 0 Å². The Balaban J connectivity index is 1.67. The zero-order chi connectivity index (χ0) is 9.97. The third-order valence-corrected chi connectivity index (χ3v) is 4.27. The smallest absolute Gasteiger partial charge is 0.00951 e. The average Bonchev–Trinajstić information content (AvgIpc) is 2.45. The van der Waals surface area contributed by atoms with Crippen molar-refractivity contribution < 1.29 is 0 Å². The van der Waals surface area contributed by atoms with Crippen molar-refractivity contribution in [3.05, 3.63) is 0 Å². The van der Waals surface area contributed by atoms with E-state index in [1.54, 1.807) is 0 Å². The van der Waals surface area contributed by atoms with Crippen LogP contribution in [0.1, 0.15) is 58.8 Å². The summed E-state index contributed by atoms with van der Waals surface area (Å²) in [6.07, 6.45) is 10.2. The number of nitrogens with one attached hydrogen (secondary N) is 1. The van der Waals surface area contributed by atoms with E-state index in [1.807, 2.05) is 0 Å². The Labute approximate surface area is 88.7 Å². The highest BCUT2D eigenvalue weighted by Crippen LogP contribution is 2.31. The molecule has 0 amide bonds. The van der Waals surface area contributed by atoms with Crippen molar-refractivity contribution in [3.63, 3.8) is 0 Å². The lowest BCUT2D eigenvalue weighted by Gasteiger charge is -2.30. The van der Waals surface area contributed by atoms with Gasteiger partial charge >= 0.3 is 0 Å². The first kappa shape index (κ1) is 10.5. The van der Waals surface area contributed by atoms with Crippen LogP contribution in [-0.4, -0.2) is 12.1 Å². The second-order valence-electron chi connectivity index (χ2n) is 5.62. The maximum Gasteiger partial charge on any atom is 0.00951 e. The number of hydrogen-bond donors (Lipinski definition) is 1. The second kappa shape index (κ2) is 4.65. The fourth-order valence-electron chi connectivity index (χ4n) is 3.06. The zero-order valence-electron chi connectivity index (χ0n) is 9.76. The molecule has 14 heavy (non-hydrogen) atoms. The van der Waals surface area contributed by atoms with Gasteiger partial charge in [-0.15, -0.1) is 0 Å². The normalized spacial score (nSPS) is 35.6. The Morgan fingerprint density at radius 3 is 2.36 bits per heavy atom. The predicted octanol–water partition coefficient (Wildman–Crippen LogP) is 3.34. The van der Waals surface area contributed by atoms with Crippen LogP contribution in [0.15, 0.2) is 0 Å². The third kappa shape index (κ3) is 2.50. The molecule has 0 saturated heterocycles. The number of hydrogen-bond acceptors (Lipinski definition) is 1. The fraction of sp³-hybridized carbons (Fsp3) is 1.00. The van der Waals surface area contributed by atoms with Gasteiger partial charge in [-0.1, -0.05) is 32.6 Å². The standard InChI is InChI=1S/C13H25N/c1-10-5-3-8-13(10)14-11(2)9-12-6-4-7-12/h10-14H,3-9H2,1-2H3. The molecule has 0 spiro atoms. The summed E-state index contributed by atoms with van der Waals surface area (Å²) in [6.45, 7) is 4.78. The van der Waals surface area contributed by atoms with Crippen LogP contribution in [-0.2, 0) is 0 Å². The van der Waals surface area contributed by atoms with E-state index in [2.05, 4.69) is 19.2 Å². The van der Waals surface area contributed by atoms with Crippen LogP contribution in [0, 0.1) is 11.8 Å². The lowest BCUT2D eigenvalue weighted by molar-refractivity contribution is 0.250. The highest BCUT2D eigenvalue weighted by atomic mass is 15.0. The molecule has 2 rings (SSSR count). The van der Waals surface area contributed by atoms with Crippen molar-refractivity contribution >= 4 is 0 Å². The van der Waals surface area contributed by atoms with Gasteiger partial charge in [-0.3, -0.25) is 0 Å². The van der Waals surface area contributed by atoms with E-state index >= 15 is 0 Å². The molecule has 0 aliphatic heterocycles. The first-order chi connectivity index (χ1) is 6.75. The van der Waals surface area contributed by atoms with Crippen molar-refractivity contribution in [3.8, 4) is 0 Å². The van der Waals surface area contributed by atoms with Gasteiger partial charge in [-0.05, 0) is 38.0 Å². The van der Waals surface area contributed by atoms with Crippen LogP contribution >= 0.6 is 0 Å². The lowest BCUT2D eigenvalue weighted by atomic mass is 9.81. The van der Waals surface area contributed by atoms with E-state index in [0.29, 0.717) is 0 Å². The van der Waals surface area contributed by atoms with E-state index in [4.69, 9.17) is 0 Å². The summed E-state index contributed by atoms with van der Waals surface area (Å²) in [6, 6.07) is 1.58. The number of rotatable bonds is 4. The molecular weight excluding hydrogens is 170 g/mol. The topological polar surface area (TPSA) is 12.0 Å². The quantitative estimate of drug-likeness (QED) is 0.725. The van der Waals surface area contributed by atoms with Gasteiger partial charge in [0, 0.05) is 12.1 Å². The average molecular weight is 195 g/mol. The SMILES string of the molecule is CC(CC1CCC1)NC1CCCC1C. The molecule has 1 heteroatoms. The van der Waals surface area contributed by atoms with Gasteiger partial charge < -0.3 is 5.32 Å². The van der Waals surface area contributed by atoms with Crippen LogP contribution in [0.2, 0.25) is 0 Å². The summed E-state index contributed by atoms with van der Waals surface area (Å²) in [5.41, 5.74) is 0. The fourth-order valence-corrected chi connectivity index (χ4v) is 3.06. The Hall–Kier alpha value is -0.0400. The summed E-state index contributed by atoms with van der Waals surface area (Å²) < 4.78 is 0. The second-order valence-corrected chi connectivity index (χ2v) is 5.62. The summed E-state index contributed by atoms with van der Waals surface area (Å²) in [5.74, 6) is 1.97. The molecular formula is C13H25N. The van der Waals surface area contributed by atoms with Gasteiger partial charge in [-0.2, -0.15) is 0 Å². The van der Waals surface area contributed by atoms with Crippen molar-refractivity contribution in [2.45, 2.75) is 70.9 Å². The molecule has 0 radical (unpaired) electrons. The van der Waals surface area contributed by atoms with Gasteiger partial charge in [0.1, 0.15) is 0 Å². The lowest BCUT2D eigenvalue weighted by Crippen LogP contribution is -2.39. The maximum atomic E-state index is 3.83. The predicted molar refractivity (Wildman–Crippen MR) is 61.4 cm³/mol. The maximum absolute atomic E-state index is 3.83. The third-order valence-electron chi connectivity index (χ3n) is 4.27. The van der Waals surface area contributed by atoms with Gasteiger partial charge in [0.15, 0.2) is 0 Å². The minimum atomic E-state index is 0.755. The molecule has 1 nitrogen and oxygen atoms in total.